The largest absolute Gasteiger partial charge is 0.465 e. The first-order valence-electron chi connectivity index (χ1n) is 14.1. The second kappa shape index (κ2) is 12.4. The average molecular weight is 576 g/mol. The van der Waals surface area contributed by atoms with E-state index in [9.17, 15) is 18.3 Å². The molecule has 1 aliphatic heterocycles. The van der Waals surface area contributed by atoms with E-state index >= 15 is 0 Å². The van der Waals surface area contributed by atoms with E-state index in [1.165, 1.54) is 0 Å². The van der Waals surface area contributed by atoms with E-state index < -0.39 is 35.4 Å². The summed E-state index contributed by atoms with van der Waals surface area (Å²) in [5, 5.41) is 9.90. The topological polar surface area (TPSA) is 111 Å². The van der Waals surface area contributed by atoms with Crippen LogP contribution in [0.1, 0.15) is 87.0 Å². The Kier molecular flexibility index (Phi) is 10.9. The molecule has 10 heteroatoms. The molecule has 8 nitrogen and oxygen atoms in total. The van der Waals surface area contributed by atoms with Gasteiger partial charge < -0.3 is 14.3 Å². The van der Waals surface area contributed by atoms with Gasteiger partial charge in [-0.3, -0.25) is 14.0 Å². The number of aliphatic hydroxyl groups excluding tert-OH is 1. The lowest BCUT2D eigenvalue weighted by Gasteiger charge is -2.56. The van der Waals surface area contributed by atoms with Gasteiger partial charge in [0.1, 0.15) is 0 Å². The number of carbonyl (C=O) groups excluding carboxylic acids is 1. The lowest BCUT2D eigenvalue weighted by molar-refractivity contribution is -0.155. The second-order valence-electron chi connectivity index (χ2n) is 13.9. The minimum Gasteiger partial charge on any atom is -0.465 e. The quantitative estimate of drug-likeness (QED) is 0.201. The van der Waals surface area contributed by atoms with Gasteiger partial charge in [0.2, 0.25) is 0 Å². The molecule has 38 heavy (non-hydrogen) atoms. The van der Waals surface area contributed by atoms with Gasteiger partial charge in [-0.1, -0.05) is 27.7 Å². The van der Waals surface area contributed by atoms with Crippen LogP contribution in [0.15, 0.2) is 4.99 Å². The van der Waals surface area contributed by atoms with Crippen molar-refractivity contribution in [2.75, 3.05) is 26.0 Å². The van der Waals surface area contributed by atoms with Crippen LogP contribution >= 0.6 is 0 Å². The molecule has 0 spiro atoms. The third-order valence-corrected chi connectivity index (χ3v) is 13.8. The Balaban J connectivity index is 2.67. The van der Waals surface area contributed by atoms with Crippen molar-refractivity contribution in [1.82, 2.24) is 0 Å². The number of hydrogen-bond acceptors (Lipinski definition) is 8. The van der Waals surface area contributed by atoms with E-state index in [4.69, 9.17) is 18.3 Å². The Morgan fingerprint density at radius 2 is 1.82 bits per heavy atom. The van der Waals surface area contributed by atoms with Crippen LogP contribution in [0.2, 0.25) is 18.1 Å². The normalized spacial score (nSPS) is 29.3. The molecule has 0 saturated heterocycles. The molecule has 1 aliphatic carbocycles. The van der Waals surface area contributed by atoms with E-state index in [2.05, 4.69) is 40.8 Å². The number of aliphatic hydroxyl groups is 1. The summed E-state index contributed by atoms with van der Waals surface area (Å²) in [5.74, 6) is -0.446. The second-order valence-corrected chi connectivity index (χ2v) is 20.3. The molecule has 1 fully saturated rings. The highest BCUT2D eigenvalue weighted by Crippen LogP contribution is 2.55. The van der Waals surface area contributed by atoms with Gasteiger partial charge in [0, 0.05) is 30.2 Å². The molecule has 0 aromatic rings. The first-order chi connectivity index (χ1) is 17.3. The van der Waals surface area contributed by atoms with Crippen LogP contribution in [0.4, 0.5) is 0 Å². The van der Waals surface area contributed by atoms with Gasteiger partial charge in [0.25, 0.3) is 10.1 Å². The summed E-state index contributed by atoms with van der Waals surface area (Å²) in [5.41, 5.74) is -0.402. The number of carbonyl (C=O) groups is 1. The maximum atomic E-state index is 12.6. The third-order valence-electron chi connectivity index (χ3n) is 8.74. The monoisotopic (exact) mass is 575 g/mol. The van der Waals surface area contributed by atoms with E-state index in [-0.39, 0.29) is 42.2 Å². The number of esters is 1. The summed E-state index contributed by atoms with van der Waals surface area (Å²) >= 11 is 0. The third kappa shape index (κ3) is 7.89. The fraction of sp³-hybridized carbons (Fsp3) is 0.929. The molecule has 0 unspecified atom stereocenters. The van der Waals surface area contributed by atoms with Crippen LogP contribution < -0.4 is 0 Å². The average Bonchev–Trinajstić information content (AvgIpc) is 3.28. The van der Waals surface area contributed by atoms with Crippen LogP contribution in [0, 0.1) is 22.7 Å². The van der Waals surface area contributed by atoms with E-state index in [1.807, 2.05) is 20.8 Å². The number of ether oxygens (including phenoxy) is 1. The van der Waals surface area contributed by atoms with Crippen LogP contribution in [0.3, 0.4) is 0 Å². The van der Waals surface area contributed by atoms with Gasteiger partial charge in [-0.15, -0.1) is 0 Å². The highest BCUT2D eigenvalue weighted by molar-refractivity contribution is 7.86. The van der Waals surface area contributed by atoms with Crippen LogP contribution in [-0.2, 0) is 28.3 Å². The summed E-state index contributed by atoms with van der Waals surface area (Å²) in [7, 11) is -5.99. The van der Waals surface area contributed by atoms with E-state index in [1.54, 1.807) is 0 Å². The van der Waals surface area contributed by atoms with Crippen molar-refractivity contribution in [2.45, 2.75) is 117 Å². The van der Waals surface area contributed by atoms with Gasteiger partial charge >= 0.3 is 5.97 Å². The van der Waals surface area contributed by atoms with E-state index in [0.717, 1.165) is 24.8 Å². The zero-order valence-corrected chi connectivity index (χ0v) is 27.2. The van der Waals surface area contributed by atoms with Crippen molar-refractivity contribution in [3.63, 3.8) is 0 Å². The van der Waals surface area contributed by atoms with Crippen molar-refractivity contribution >= 4 is 30.1 Å². The van der Waals surface area contributed by atoms with Crippen LogP contribution in [0.25, 0.3) is 0 Å². The zero-order valence-electron chi connectivity index (χ0n) is 25.4. The Morgan fingerprint density at radius 3 is 2.29 bits per heavy atom. The summed E-state index contributed by atoms with van der Waals surface area (Å²) in [4.78, 5) is 17.6. The van der Waals surface area contributed by atoms with Gasteiger partial charge in [0.15, 0.2) is 8.32 Å². The number of aliphatic imine (C=N–C) groups is 1. The van der Waals surface area contributed by atoms with Crippen molar-refractivity contribution in [3.8, 4) is 0 Å². The number of hydrogen-bond donors (Lipinski definition) is 1. The van der Waals surface area contributed by atoms with Crippen LogP contribution in [-0.4, -0.2) is 71.7 Å². The molecule has 0 aromatic carbocycles. The Labute approximate surface area is 232 Å². The highest BCUT2D eigenvalue weighted by Gasteiger charge is 2.59. The lowest BCUT2D eigenvalue weighted by atomic mass is 9.55. The summed E-state index contributed by atoms with van der Waals surface area (Å²) < 4.78 is 43.9. The fourth-order valence-corrected chi connectivity index (χ4v) is 7.86. The molecule has 1 N–H and O–H groups in total. The Hall–Kier alpha value is -0.813. The standard InChI is InChI=1S/C28H53NO7SSi/c1-20-19-23(35-37(8,32)33)28(15-12-17-30,22-13-11-16-29-22)21(14-18-34-25(31)26(2,3)4)24(20)36-38(9,10)27(5,6)7/h20-21,23-24,30H,11-19H2,1-10H3/t20-,21+,23+,24-,28-/m0/s1. The zero-order chi connectivity index (χ0) is 29.2. The highest BCUT2D eigenvalue weighted by atomic mass is 32.2. The van der Waals surface area contributed by atoms with Gasteiger partial charge in [-0.2, -0.15) is 8.42 Å². The molecular weight excluding hydrogens is 522 g/mol. The molecule has 2 rings (SSSR count). The molecule has 1 saturated carbocycles. The maximum Gasteiger partial charge on any atom is 0.311 e. The summed E-state index contributed by atoms with van der Waals surface area (Å²) in [6.45, 7) is 19.6. The number of rotatable bonds is 11. The van der Waals surface area contributed by atoms with Crippen molar-refractivity contribution in [2.24, 2.45) is 27.7 Å². The summed E-state index contributed by atoms with van der Waals surface area (Å²) in [6, 6.07) is 0. The Morgan fingerprint density at radius 1 is 1.18 bits per heavy atom. The van der Waals surface area contributed by atoms with Crippen molar-refractivity contribution in [3.05, 3.63) is 0 Å². The maximum absolute atomic E-state index is 12.6. The van der Waals surface area contributed by atoms with Crippen molar-refractivity contribution in [1.29, 1.82) is 0 Å². The lowest BCUT2D eigenvalue weighted by Crippen LogP contribution is -2.62. The smallest absolute Gasteiger partial charge is 0.311 e. The fourth-order valence-electron chi connectivity index (χ4n) is 5.76. The van der Waals surface area contributed by atoms with E-state index in [0.29, 0.717) is 32.2 Å². The first-order valence-corrected chi connectivity index (χ1v) is 18.9. The predicted octanol–water partition coefficient (Wildman–Crippen LogP) is 5.35. The van der Waals surface area contributed by atoms with Gasteiger partial charge in [0.05, 0.1) is 30.5 Å². The molecule has 222 valence electrons. The van der Waals surface area contributed by atoms with Crippen molar-refractivity contribution < 1.29 is 31.7 Å². The SMILES string of the molecule is C[C@H]1C[C@@H](OS(C)(=O)=O)[C@](CCCO)(C2=NCCC2)[C@H](CCOC(=O)C(C)(C)C)[C@H]1O[Si](C)(C)C(C)(C)C. The molecule has 0 bridgehead atoms. The molecular formula is C28H53NO7SSi. The van der Waals surface area contributed by atoms with Gasteiger partial charge in [-0.25, -0.2) is 0 Å². The minimum atomic E-state index is -3.76. The van der Waals surface area contributed by atoms with Gasteiger partial charge in [-0.05, 0) is 83.3 Å². The minimum absolute atomic E-state index is 0.0171. The first kappa shape index (κ1) is 33.4. The predicted molar refractivity (Wildman–Crippen MR) is 154 cm³/mol. The molecule has 0 radical (unpaired) electrons. The molecule has 5 atom stereocenters. The molecule has 0 amide bonds. The molecule has 0 aromatic heterocycles. The number of nitrogens with zero attached hydrogens (tertiary/aromatic N) is 1. The molecule has 2 aliphatic rings. The Bertz CT molecular complexity index is 951. The molecule has 1 heterocycles. The summed E-state index contributed by atoms with van der Waals surface area (Å²) in [6.07, 6.45) is 3.97. The van der Waals surface area contributed by atoms with Crippen LogP contribution in [0.5, 0.6) is 0 Å².